The molecular formula is C14H12ClFN2S. The fourth-order valence-electron chi connectivity index (χ4n) is 1.54. The molecule has 0 aliphatic rings. The lowest BCUT2D eigenvalue weighted by Crippen LogP contribution is -2.19. The van der Waals surface area contributed by atoms with E-state index >= 15 is 0 Å². The first-order valence-corrected chi connectivity index (χ1v) is 6.43. The molecule has 2 aromatic rings. The van der Waals surface area contributed by atoms with Crippen LogP contribution in [0.5, 0.6) is 0 Å². The minimum absolute atomic E-state index is 0.286. The Bertz CT molecular complexity index is 599. The quantitative estimate of drug-likeness (QED) is 0.792. The van der Waals surface area contributed by atoms with E-state index in [-0.39, 0.29) is 5.82 Å². The number of hydrogen-bond acceptors (Lipinski definition) is 1. The molecule has 0 saturated heterocycles. The summed E-state index contributed by atoms with van der Waals surface area (Å²) in [5, 5.41) is 6.95. The van der Waals surface area contributed by atoms with E-state index in [2.05, 4.69) is 10.6 Å². The van der Waals surface area contributed by atoms with Gasteiger partial charge >= 0.3 is 0 Å². The molecule has 0 fully saturated rings. The molecule has 0 bridgehead atoms. The van der Waals surface area contributed by atoms with E-state index in [4.69, 9.17) is 23.8 Å². The van der Waals surface area contributed by atoms with Crippen LogP contribution in [0.25, 0.3) is 0 Å². The molecule has 2 nitrogen and oxygen atoms in total. The third-order valence-corrected chi connectivity index (χ3v) is 2.99. The molecule has 0 atom stereocenters. The molecule has 98 valence electrons. The summed E-state index contributed by atoms with van der Waals surface area (Å²) in [6.45, 7) is 1.96. The third-order valence-electron chi connectivity index (χ3n) is 2.47. The summed E-state index contributed by atoms with van der Waals surface area (Å²) >= 11 is 11.3. The first kappa shape index (κ1) is 13.8. The fraction of sp³-hybridized carbons (Fsp3) is 0.0714. The highest BCUT2D eigenvalue weighted by atomic mass is 35.5. The fourth-order valence-corrected chi connectivity index (χ4v) is 2.05. The minimum atomic E-state index is -0.286. The maximum atomic E-state index is 12.8. The van der Waals surface area contributed by atoms with Crippen molar-refractivity contribution in [1.82, 2.24) is 0 Å². The van der Waals surface area contributed by atoms with E-state index < -0.39 is 0 Å². The Morgan fingerprint density at radius 3 is 2.42 bits per heavy atom. The van der Waals surface area contributed by atoms with Crippen molar-refractivity contribution in [1.29, 1.82) is 0 Å². The van der Waals surface area contributed by atoms with E-state index in [1.165, 1.54) is 12.1 Å². The summed E-state index contributed by atoms with van der Waals surface area (Å²) in [4.78, 5) is 0. The van der Waals surface area contributed by atoms with Crippen molar-refractivity contribution in [2.45, 2.75) is 6.92 Å². The molecule has 0 unspecified atom stereocenters. The van der Waals surface area contributed by atoms with Gasteiger partial charge in [-0.25, -0.2) is 4.39 Å². The Morgan fingerprint density at radius 1 is 1.11 bits per heavy atom. The van der Waals surface area contributed by atoms with Crippen LogP contribution < -0.4 is 10.6 Å². The summed E-state index contributed by atoms with van der Waals surface area (Å²) < 4.78 is 12.8. The first-order chi connectivity index (χ1) is 9.04. The van der Waals surface area contributed by atoms with Crippen molar-refractivity contribution >= 4 is 40.3 Å². The second-order valence-corrected chi connectivity index (χ2v) is 4.88. The predicted octanol–water partition coefficient (Wildman–Crippen LogP) is 4.60. The second kappa shape index (κ2) is 5.99. The Labute approximate surface area is 121 Å². The van der Waals surface area contributed by atoms with Gasteiger partial charge in [0.15, 0.2) is 5.11 Å². The van der Waals surface area contributed by atoms with Crippen LogP contribution in [0, 0.1) is 12.7 Å². The Balaban J connectivity index is 2.03. The minimum Gasteiger partial charge on any atom is -0.332 e. The van der Waals surface area contributed by atoms with Gasteiger partial charge in [-0.05, 0) is 61.1 Å². The lowest BCUT2D eigenvalue weighted by molar-refractivity contribution is 0.628. The topological polar surface area (TPSA) is 24.1 Å². The highest BCUT2D eigenvalue weighted by Gasteiger charge is 2.03. The van der Waals surface area contributed by atoms with Gasteiger partial charge in [0.2, 0.25) is 0 Å². The highest BCUT2D eigenvalue weighted by Crippen LogP contribution is 2.23. The number of aryl methyl sites for hydroxylation is 1. The maximum Gasteiger partial charge on any atom is 0.175 e. The largest absolute Gasteiger partial charge is 0.332 e. The van der Waals surface area contributed by atoms with Crippen molar-refractivity contribution in [3.8, 4) is 0 Å². The van der Waals surface area contributed by atoms with Gasteiger partial charge in [-0.15, -0.1) is 0 Å². The van der Waals surface area contributed by atoms with Gasteiger partial charge in [-0.3, -0.25) is 0 Å². The first-order valence-electron chi connectivity index (χ1n) is 5.64. The molecule has 19 heavy (non-hydrogen) atoms. The average Bonchev–Trinajstić information content (AvgIpc) is 2.36. The zero-order valence-corrected chi connectivity index (χ0v) is 11.8. The zero-order chi connectivity index (χ0) is 13.8. The van der Waals surface area contributed by atoms with E-state index in [1.807, 2.05) is 25.1 Å². The van der Waals surface area contributed by atoms with Crippen LogP contribution in [0.15, 0.2) is 42.5 Å². The monoisotopic (exact) mass is 294 g/mol. The van der Waals surface area contributed by atoms with Crippen LogP contribution in [0.4, 0.5) is 15.8 Å². The van der Waals surface area contributed by atoms with Crippen LogP contribution in [0.1, 0.15) is 5.56 Å². The molecule has 2 N–H and O–H groups in total. The van der Waals surface area contributed by atoms with Crippen molar-refractivity contribution in [2.24, 2.45) is 0 Å². The molecule has 0 spiro atoms. The van der Waals surface area contributed by atoms with E-state index in [1.54, 1.807) is 12.1 Å². The maximum absolute atomic E-state index is 12.8. The molecule has 2 aromatic carbocycles. The van der Waals surface area contributed by atoms with Gasteiger partial charge in [0.1, 0.15) is 5.82 Å². The lowest BCUT2D eigenvalue weighted by atomic mass is 10.2. The molecular weight excluding hydrogens is 283 g/mol. The normalized spacial score (nSPS) is 10.1. The van der Waals surface area contributed by atoms with Gasteiger partial charge < -0.3 is 10.6 Å². The molecule has 0 radical (unpaired) electrons. The number of thiocarbonyl (C=S) groups is 1. The molecule has 0 amide bonds. The van der Waals surface area contributed by atoms with E-state index in [9.17, 15) is 4.39 Å². The molecule has 0 aliphatic heterocycles. The van der Waals surface area contributed by atoms with Gasteiger partial charge in [0.05, 0.1) is 10.7 Å². The van der Waals surface area contributed by atoms with Crippen molar-refractivity contribution in [3.05, 3.63) is 58.9 Å². The molecule has 0 aromatic heterocycles. The summed E-state index contributed by atoms with van der Waals surface area (Å²) in [7, 11) is 0. The number of anilines is 2. The highest BCUT2D eigenvalue weighted by molar-refractivity contribution is 7.80. The number of nitrogens with one attached hydrogen (secondary N) is 2. The molecule has 0 saturated carbocycles. The number of hydrogen-bond donors (Lipinski definition) is 2. The van der Waals surface area contributed by atoms with Crippen LogP contribution in [-0.4, -0.2) is 5.11 Å². The Kier molecular flexibility index (Phi) is 4.35. The van der Waals surface area contributed by atoms with Gasteiger partial charge in [-0.1, -0.05) is 17.7 Å². The predicted molar refractivity (Wildman–Crippen MR) is 82.4 cm³/mol. The molecule has 0 heterocycles. The van der Waals surface area contributed by atoms with Gasteiger partial charge in [0, 0.05) is 5.69 Å². The van der Waals surface area contributed by atoms with Crippen LogP contribution in [-0.2, 0) is 0 Å². The second-order valence-electron chi connectivity index (χ2n) is 4.07. The number of rotatable bonds is 2. The number of halogens is 2. The number of benzene rings is 2. The summed E-state index contributed by atoms with van der Waals surface area (Å²) in [5.41, 5.74) is 2.52. The van der Waals surface area contributed by atoms with Crippen molar-refractivity contribution in [2.75, 3.05) is 10.6 Å². The van der Waals surface area contributed by atoms with Crippen LogP contribution >= 0.6 is 23.8 Å². The van der Waals surface area contributed by atoms with Crippen LogP contribution in [0.3, 0.4) is 0 Å². The van der Waals surface area contributed by atoms with Crippen LogP contribution in [0.2, 0.25) is 5.02 Å². The summed E-state index contributed by atoms with van der Waals surface area (Å²) in [6.07, 6.45) is 0. The van der Waals surface area contributed by atoms with E-state index in [0.29, 0.717) is 15.8 Å². The summed E-state index contributed by atoms with van der Waals surface area (Å²) in [5.74, 6) is -0.286. The standard InChI is InChI=1S/C14H12ClFN2S/c1-9-2-7-13(12(15)8-9)18-14(19)17-11-5-3-10(16)4-6-11/h2-8H,1H3,(H2,17,18,19). The van der Waals surface area contributed by atoms with Gasteiger partial charge in [0.25, 0.3) is 0 Å². The average molecular weight is 295 g/mol. The van der Waals surface area contributed by atoms with E-state index in [0.717, 1.165) is 11.3 Å². The zero-order valence-electron chi connectivity index (χ0n) is 10.2. The third kappa shape index (κ3) is 3.91. The Hall–Kier alpha value is -1.65. The Morgan fingerprint density at radius 2 is 1.79 bits per heavy atom. The molecule has 2 rings (SSSR count). The molecule has 5 heteroatoms. The SMILES string of the molecule is Cc1ccc(NC(=S)Nc2ccc(F)cc2)c(Cl)c1. The summed E-state index contributed by atoms with van der Waals surface area (Å²) in [6, 6.07) is 11.6. The van der Waals surface area contributed by atoms with Crippen molar-refractivity contribution in [3.63, 3.8) is 0 Å². The molecule has 0 aliphatic carbocycles. The van der Waals surface area contributed by atoms with Crippen molar-refractivity contribution < 1.29 is 4.39 Å². The smallest absolute Gasteiger partial charge is 0.175 e. The lowest BCUT2D eigenvalue weighted by Gasteiger charge is -2.12. The van der Waals surface area contributed by atoms with Gasteiger partial charge in [-0.2, -0.15) is 0 Å².